The largest absolute Gasteiger partial charge is 0.497 e. The zero-order valence-electron chi connectivity index (χ0n) is 13.6. The molecular formula is C16H19N3O5. The van der Waals surface area contributed by atoms with E-state index in [1.54, 1.807) is 31.2 Å². The molecule has 0 aliphatic carbocycles. The van der Waals surface area contributed by atoms with Crippen molar-refractivity contribution in [3.8, 4) is 11.5 Å². The molecule has 2 N–H and O–H groups in total. The number of nitrogens with one attached hydrogen (secondary N) is 1. The lowest BCUT2D eigenvalue weighted by Gasteiger charge is -2.15. The van der Waals surface area contributed by atoms with Crippen molar-refractivity contribution in [1.82, 2.24) is 4.98 Å². The maximum absolute atomic E-state index is 11.2. The van der Waals surface area contributed by atoms with Crippen molar-refractivity contribution in [3.05, 3.63) is 51.7 Å². The van der Waals surface area contributed by atoms with E-state index in [4.69, 9.17) is 9.47 Å². The molecule has 1 heterocycles. The van der Waals surface area contributed by atoms with Crippen molar-refractivity contribution >= 4 is 11.5 Å². The summed E-state index contributed by atoms with van der Waals surface area (Å²) in [7, 11) is 3.03. The van der Waals surface area contributed by atoms with E-state index in [1.165, 1.54) is 20.4 Å². The second-order valence-electron chi connectivity index (χ2n) is 5.12. The molecule has 1 aromatic carbocycles. The first-order valence-corrected chi connectivity index (χ1v) is 7.21. The number of benzene rings is 1. The van der Waals surface area contributed by atoms with Crippen molar-refractivity contribution in [2.75, 3.05) is 26.1 Å². The van der Waals surface area contributed by atoms with Gasteiger partial charge in [0.15, 0.2) is 0 Å². The smallest absolute Gasteiger partial charge is 0.314 e. The van der Waals surface area contributed by atoms with Crippen molar-refractivity contribution in [2.24, 2.45) is 0 Å². The summed E-state index contributed by atoms with van der Waals surface area (Å²) in [5.41, 5.74) is 0.956. The Balaban J connectivity index is 2.18. The number of pyridine rings is 1. The number of nitrogens with zero attached hydrogens (tertiary/aromatic N) is 2. The van der Waals surface area contributed by atoms with Crippen LogP contribution in [-0.4, -0.2) is 35.8 Å². The molecule has 0 aliphatic rings. The predicted octanol–water partition coefficient (Wildman–Crippen LogP) is 2.46. The van der Waals surface area contributed by atoms with E-state index < -0.39 is 11.0 Å². The normalized spacial score (nSPS) is 11.7. The molecule has 0 spiro atoms. The molecular weight excluding hydrogens is 314 g/mol. The number of anilines is 1. The molecule has 2 aromatic rings. The fourth-order valence-electron chi connectivity index (χ4n) is 2.24. The summed E-state index contributed by atoms with van der Waals surface area (Å²) in [5, 5.41) is 24.3. The zero-order valence-corrected chi connectivity index (χ0v) is 13.6. The molecule has 0 saturated heterocycles. The number of nitro groups is 1. The number of rotatable bonds is 7. The van der Waals surface area contributed by atoms with E-state index in [0.717, 1.165) is 0 Å². The number of aromatic nitrogens is 1. The van der Waals surface area contributed by atoms with E-state index >= 15 is 0 Å². The van der Waals surface area contributed by atoms with Gasteiger partial charge in [-0.2, -0.15) is 0 Å². The van der Waals surface area contributed by atoms with Gasteiger partial charge >= 0.3 is 5.69 Å². The lowest BCUT2D eigenvalue weighted by atomic mass is 10.1. The van der Waals surface area contributed by atoms with Gasteiger partial charge in [-0.25, -0.2) is 4.98 Å². The van der Waals surface area contributed by atoms with Crippen molar-refractivity contribution in [2.45, 2.75) is 13.0 Å². The third-order valence-corrected chi connectivity index (χ3v) is 3.53. The maximum atomic E-state index is 11.2. The van der Waals surface area contributed by atoms with Crippen LogP contribution in [0.25, 0.3) is 0 Å². The summed E-state index contributed by atoms with van der Waals surface area (Å²) in [4.78, 5) is 14.6. The van der Waals surface area contributed by atoms with Crippen LogP contribution in [0.15, 0.2) is 30.5 Å². The number of aliphatic hydroxyl groups is 1. The molecule has 0 amide bonds. The van der Waals surface area contributed by atoms with E-state index in [0.29, 0.717) is 22.6 Å². The minimum absolute atomic E-state index is 0.0492. The van der Waals surface area contributed by atoms with Gasteiger partial charge in [-0.05, 0) is 30.7 Å². The number of ether oxygens (including phenoxy) is 2. The molecule has 0 aliphatic heterocycles. The first-order valence-electron chi connectivity index (χ1n) is 7.21. The first kappa shape index (κ1) is 17.5. The lowest BCUT2D eigenvalue weighted by Crippen LogP contribution is -2.14. The second-order valence-corrected chi connectivity index (χ2v) is 5.12. The standard InChI is InChI=1S/C16H19N3O5/c1-10-4-5-17-16(15(10)19(21)22)18-9-14(20)11-6-12(23-2)8-13(7-11)24-3/h4-8,14,20H,9H2,1-3H3,(H,17,18). The van der Waals surface area contributed by atoms with Crippen LogP contribution in [0.4, 0.5) is 11.5 Å². The van der Waals surface area contributed by atoms with Crippen LogP contribution >= 0.6 is 0 Å². The minimum atomic E-state index is -0.920. The van der Waals surface area contributed by atoms with Gasteiger partial charge in [-0.1, -0.05) is 0 Å². The van der Waals surface area contributed by atoms with Crippen LogP contribution in [-0.2, 0) is 0 Å². The van der Waals surface area contributed by atoms with Gasteiger partial charge in [0.2, 0.25) is 5.82 Å². The molecule has 8 nitrogen and oxygen atoms in total. The molecule has 2 rings (SSSR count). The Hall–Kier alpha value is -2.87. The van der Waals surface area contributed by atoms with Crippen molar-refractivity contribution < 1.29 is 19.5 Å². The third-order valence-electron chi connectivity index (χ3n) is 3.53. The van der Waals surface area contributed by atoms with Gasteiger partial charge in [0.05, 0.1) is 25.2 Å². The summed E-state index contributed by atoms with van der Waals surface area (Å²) in [6.45, 7) is 1.68. The third kappa shape index (κ3) is 3.90. The van der Waals surface area contributed by atoms with Crippen LogP contribution in [0.5, 0.6) is 11.5 Å². The van der Waals surface area contributed by atoms with E-state index in [2.05, 4.69) is 10.3 Å². The molecule has 0 radical (unpaired) electrons. The summed E-state index contributed by atoms with van der Waals surface area (Å²) >= 11 is 0. The zero-order chi connectivity index (χ0) is 17.7. The monoisotopic (exact) mass is 333 g/mol. The number of aliphatic hydroxyl groups excluding tert-OH is 1. The Morgan fingerprint density at radius 1 is 1.29 bits per heavy atom. The maximum Gasteiger partial charge on any atom is 0.314 e. The van der Waals surface area contributed by atoms with Gasteiger partial charge < -0.3 is 19.9 Å². The first-order chi connectivity index (χ1) is 11.5. The summed E-state index contributed by atoms with van der Waals surface area (Å²) in [6, 6.07) is 6.60. The Kier molecular flexibility index (Phi) is 5.54. The van der Waals surface area contributed by atoms with Crippen LogP contribution in [0, 0.1) is 17.0 Å². The highest BCUT2D eigenvalue weighted by Gasteiger charge is 2.19. The fraction of sp³-hybridized carbons (Fsp3) is 0.312. The average Bonchev–Trinajstić information content (AvgIpc) is 2.58. The summed E-state index contributed by atoms with van der Waals surface area (Å²) in [5.74, 6) is 1.21. The van der Waals surface area contributed by atoms with Gasteiger partial charge in [0.1, 0.15) is 11.5 Å². The lowest BCUT2D eigenvalue weighted by molar-refractivity contribution is -0.384. The summed E-state index contributed by atoms with van der Waals surface area (Å²) in [6.07, 6.45) is 0.557. The molecule has 1 aromatic heterocycles. The topological polar surface area (TPSA) is 107 Å². The van der Waals surface area contributed by atoms with Crippen LogP contribution < -0.4 is 14.8 Å². The van der Waals surface area contributed by atoms with Gasteiger partial charge in [-0.15, -0.1) is 0 Å². The number of hydrogen-bond acceptors (Lipinski definition) is 7. The van der Waals surface area contributed by atoms with Gasteiger partial charge in [-0.3, -0.25) is 10.1 Å². The Morgan fingerprint density at radius 3 is 2.46 bits per heavy atom. The average molecular weight is 333 g/mol. The fourth-order valence-corrected chi connectivity index (χ4v) is 2.24. The SMILES string of the molecule is COc1cc(OC)cc(C(O)CNc2nccc(C)c2[N+](=O)[O-])c1. The highest BCUT2D eigenvalue weighted by molar-refractivity contribution is 5.59. The molecule has 0 bridgehead atoms. The van der Waals surface area contributed by atoms with Crippen LogP contribution in [0.3, 0.4) is 0 Å². The number of methoxy groups -OCH3 is 2. The van der Waals surface area contributed by atoms with E-state index in [1.807, 2.05) is 0 Å². The Morgan fingerprint density at radius 2 is 1.92 bits per heavy atom. The second kappa shape index (κ2) is 7.60. The molecule has 1 atom stereocenters. The van der Waals surface area contributed by atoms with Crippen molar-refractivity contribution in [1.29, 1.82) is 0 Å². The van der Waals surface area contributed by atoms with E-state index in [9.17, 15) is 15.2 Å². The van der Waals surface area contributed by atoms with Crippen molar-refractivity contribution in [3.63, 3.8) is 0 Å². The number of aryl methyl sites for hydroxylation is 1. The van der Waals surface area contributed by atoms with E-state index in [-0.39, 0.29) is 18.1 Å². The molecule has 1 unspecified atom stereocenters. The van der Waals surface area contributed by atoms with Crippen LogP contribution in [0.1, 0.15) is 17.2 Å². The minimum Gasteiger partial charge on any atom is -0.497 e. The molecule has 0 fully saturated rings. The highest BCUT2D eigenvalue weighted by atomic mass is 16.6. The summed E-state index contributed by atoms with van der Waals surface area (Å²) < 4.78 is 10.3. The van der Waals surface area contributed by atoms with Gasteiger partial charge in [0.25, 0.3) is 0 Å². The Labute approximate surface area is 139 Å². The predicted molar refractivity (Wildman–Crippen MR) is 88.6 cm³/mol. The Bertz CT molecular complexity index is 713. The van der Waals surface area contributed by atoms with Crippen LogP contribution in [0.2, 0.25) is 0 Å². The number of hydrogen-bond donors (Lipinski definition) is 2. The quantitative estimate of drug-likeness (QED) is 0.592. The highest BCUT2D eigenvalue weighted by Crippen LogP contribution is 2.28. The molecule has 128 valence electrons. The molecule has 8 heteroatoms. The molecule has 24 heavy (non-hydrogen) atoms. The molecule has 0 saturated carbocycles. The van der Waals surface area contributed by atoms with Gasteiger partial charge in [0, 0.05) is 24.4 Å².